The van der Waals surface area contributed by atoms with Gasteiger partial charge in [0.1, 0.15) is 10.8 Å². The average Bonchev–Trinajstić information content (AvgIpc) is 2.27. The van der Waals surface area contributed by atoms with Crippen molar-refractivity contribution in [3.05, 3.63) is 28.5 Å². The number of ether oxygens (including phenoxy) is 1. The smallest absolute Gasteiger partial charge is 0.410 e. The van der Waals surface area contributed by atoms with E-state index in [0.29, 0.717) is 18.2 Å². The Morgan fingerprint density at radius 1 is 1.47 bits per heavy atom. The molecule has 5 heteroatoms. The highest BCUT2D eigenvalue weighted by Gasteiger charge is 2.29. The van der Waals surface area contributed by atoms with Crippen LogP contribution >= 0.6 is 11.6 Å². The van der Waals surface area contributed by atoms with Crippen molar-refractivity contribution in [2.75, 3.05) is 6.54 Å². The van der Waals surface area contributed by atoms with Crippen molar-refractivity contribution in [3.8, 4) is 0 Å². The normalized spacial score (nSPS) is 19.0. The van der Waals surface area contributed by atoms with Gasteiger partial charge in [0.25, 0.3) is 0 Å². The van der Waals surface area contributed by atoms with E-state index >= 15 is 0 Å². The second kappa shape index (κ2) is 5.00. The minimum Gasteiger partial charge on any atom is -0.444 e. The summed E-state index contributed by atoms with van der Waals surface area (Å²) >= 11 is 5.91. The Balaban J connectivity index is 2.17. The molecule has 1 unspecified atom stereocenters. The Labute approximate surface area is 118 Å². The van der Waals surface area contributed by atoms with E-state index in [1.807, 2.05) is 33.8 Å². The van der Waals surface area contributed by atoms with E-state index in [2.05, 4.69) is 4.98 Å². The molecule has 1 atom stereocenters. The second-order valence-electron chi connectivity index (χ2n) is 5.94. The average molecular weight is 283 g/mol. The van der Waals surface area contributed by atoms with Gasteiger partial charge in [0.15, 0.2) is 0 Å². The zero-order valence-electron chi connectivity index (χ0n) is 11.7. The van der Waals surface area contributed by atoms with Gasteiger partial charge in [-0.3, -0.25) is 0 Å². The third-order valence-corrected chi connectivity index (χ3v) is 3.16. The van der Waals surface area contributed by atoms with Crippen LogP contribution in [0.2, 0.25) is 5.15 Å². The summed E-state index contributed by atoms with van der Waals surface area (Å²) < 4.78 is 5.40. The number of halogens is 1. The maximum atomic E-state index is 12.1. The second-order valence-corrected chi connectivity index (χ2v) is 6.33. The molecular formula is C14H19ClN2O2. The number of hydrogen-bond donors (Lipinski definition) is 0. The first-order valence-electron chi connectivity index (χ1n) is 6.39. The van der Waals surface area contributed by atoms with Crippen LogP contribution < -0.4 is 0 Å². The number of amides is 1. The number of rotatable bonds is 0. The lowest BCUT2D eigenvalue weighted by Gasteiger charge is -2.33. The summed E-state index contributed by atoms with van der Waals surface area (Å²) in [7, 11) is 0. The highest BCUT2D eigenvalue weighted by Crippen LogP contribution is 2.28. The Kier molecular flexibility index (Phi) is 3.72. The lowest BCUT2D eigenvalue weighted by atomic mass is 9.97. The van der Waals surface area contributed by atoms with Crippen LogP contribution in [0, 0.1) is 0 Å². The first-order valence-corrected chi connectivity index (χ1v) is 6.77. The highest BCUT2D eigenvalue weighted by molar-refractivity contribution is 6.29. The molecule has 0 saturated heterocycles. The zero-order valence-corrected chi connectivity index (χ0v) is 12.5. The maximum absolute atomic E-state index is 12.1. The Bertz CT molecular complexity index is 497. The van der Waals surface area contributed by atoms with Crippen LogP contribution in [0.3, 0.4) is 0 Å². The molecule has 0 aliphatic carbocycles. The standard InChI is InChI=1S/C14H19ClN2O2/c1-9-7-17(13(18)19-14(2,3)4)8-10-5-6-11(15)16-12(9)10/h5-6,9H,7-8H2,1-4H3. The molecule has 1 aliphatic heterocycles. The van der Waals surface area contributed by atoms with Gasteiger partial charge in [0.05, 0.1) is 12.2 Å². The molecule has 1 amide bonds. The number of carbonyl (C=O) groups excluding carboxylic acids is 1. The molecule has 2 rings (SSSR count). The van der Waals surface area contributed by atoms with E-state index in [1.54, 1.807) is 11.0 Å². The number of aromatic nitrogens is 1. The van der Waals surface area contributed by atoms with Crippen LogP contribution in [0.1, 0.15) is 44.9 Å². The predicted molar refractivity (Wildman–Crippen MR) is 74.3 cm³/mol. The van der Waals surface area contributed by atoms with E-state index < -0.39 is 5.60 Å². The van der Waals surface area contributed by atoms with E-state index in [0.717, 1.165) is 11.3 Å². The van der Waals surface area contributed by atoms with Gasteiger partial charge < -0.3 is 9.64 Å². The summed E-state index contributed by atoms with van der Waals surface area (Å²) in [6, 6.07) is 3.68. The van der Waals surface area contributed by atoms with Crippen molar-refractivity contribution in [2.24, 2.45) is 0 Å². The van der Waals surface area contributed by atoms with Crippen LogP contribution in [0.5, 0.6) is 0 Å². The van der Waals surface area contributed by atoms with Crippen LogP contribution in [-0.2, 0) is 11.3 Å². The van der Waals surface area contributed by atoms with Crippen molar-refractivity contribution >= 4 is 17.7 Å². The zero-order chi connectivity index (χ0) is 14.2. The molecule has 0 radical (unpaired) electrons. The van der Waals surface area contributed by atoms with Gasteiger partial charge in [-0.2, -0.15) is 0 Å². The fourth-order valence-corrected chi connectivity index (χ4v) is 2.35. The van der Waals surface area contributed by atoms with Crippen molar-refractivity contribution in [1.29, 1.82) is 0 Å². The third-order valence-electron chi connectivity index (χ3n) is 2.95. The van der Waals surface area contributed by atoms with Gasteiger partial charge in [0.2, 0.25) is 0 Å². The van der Waals surface area contributed by atoms with Gasteiger partial charge in [0, 0.05) is 12.5 Å². The van der Waals surface area contributed by atoms with E-state index in [-0.39, 0.29) is 12.0 Å². The first kappa shape index (κ1) is 14.1. The van der Waals surface area contributed by atoms with Crippen molar-refractivity contribution in [2.45, 2.75) is 45.8 Å². The van der Waals surface area contributed by atoms with Crippen LogP contribution in [0.25, 0.3) is 0 Å². The Morgan fingerprint density at radius 3 is 2.79 bits per heavy atom. The van der Waals surface area contributed by atoms with Crippen molar-refractivity contribution < 1.29 is 9.53 Å². The van der Waals surface area contributed by atoms with Crippen LogP contribution in [-0.4, -0.2) is 28.1 Å². The molecule has 104 valence electrons. The molecule has 0 fully saturated rings. The Hall–Kier alpha value is -1.29. The lowest BCUT2D eigenvalue weighted by molar-refractivity contribution is 0.0207. The minimum atomic E-state index is -0.473. The molecule has 2 heterocycles. The molecule has 4 nitrogen and oxygen atoms in total. The summed E-state index contributed by atoms with van der Waals surface area (Å²) in [5.41, 5.74) is 1.54. The van der Waals surface area contributed by atoms with E-state index in [1.165, 1.54) is 0 Å². The largest absolute Gasteiger partial charge is 0.444 e. The molecule has 0 N–H and O–H groups in total. The summed E-state index contributed by atoms with van der Waals surface area (Å²) in [4.78, 5) is 18.2. The van der Waals surface area contributed by atoms with E-state index in [9.17, 15) is 4.79 Å². The summed E-state index contributed by atoms with van der Waals surface area (Å²) in [6.45, 7) is 8.78. The first-order chi connectivity index (χ1) is 8.76. The molecule has 0 aromatic carbocycles. The van der Waals surface area contributed by atoms with Gasteiger partial charge in [-0.25, -0.2) is 9.78 Å². The molecule has 0 saturated carbocycles. The number of hydrogen-bond acceptors (Lipinski definition) is 3. The highest BCUT2D eigenvalue weighted by atomic mass is 35.5. The number of nitrogens with zero attached hydrogens (tertiary/aromatic N) is 2. The van der Waals surface area contributed by atoms with Gasteiger partial charge in [-0.1, -0.05) is 24.6 Å². The quantitative estimate of drug-likeness (QED) is 0.683. The van der Waals surface area contributed by atoms with Gasteiger partial charge >= 0.3 is 6.09 Å². The lowest BCUT2D eigenvalue weighted by Crippen LogP contribution is -2.41. The van der Waals surface area contributed by atoms with Gasteiger partial charge in [-0.15, -0.1) is 0 Å². The number of carbonyl (C=O) groups is 1. The number of fused-ring (bicyclic) bond motifs is 1. The molecule has 1 aliphatic rings. The summed E-state index contributed by atoms with van der Waals surface area (Å²) in [5, 5.41) is 0.497. The number of pyridine rings is 1. The van der Waals surface area contributed by atoms with Crippen LogP contribution in [0.15, 0.2) is 12.1 Å². The molecule has 19 heavy (non-hydrogen) atoms. The van der Waals surface area contributed by atoms with Crippen molar-refractivity contribution in [3.63, 3.8) is 0 Å². The minimum absolute atomic E-state index is 0.162. The molecular weight excluding hydrogens is 264 g/mol. The molecule has 1 aromatic rings. The molecule has 1 aromatic heterocycles. The predicted octanol–water partition coefficient (Wildman–Crippen LogP) is 3.59. The topological polar surface area (TPSA) is 42.4 Å². The third kappa shape index (κ3) is 3.38. The Morgan fingerprint density at radius 2 is 2.16 bits per heavy atom. The molecule has 0 spiro atoms. The fraction of sp³-hybridized carbons (Fsp3) is 0.571. The summed E-state index contributed by atoms with van der Waals surface area (Å²) in [6.07, 6.45) is -0.278. The van der Waals surface area contributed by atoms with Crippen LogP contribution in [0.4, 0.5) is 4.79 Å². The maximum Gasteiger partial charge on any atom is 0.410 e. The summed E-state index contributed by atoms with van der Waals surface area (Å²) in [5.74, 6) is 0.162. The van der Waals surface area contributed by atoms with Crippen molar-refractivity contribution in [1.82, 2.24) is 9.88 Å². The van der Waals surface area contributed by atoms with E-state index in [4.69, 9.17) is 16.3 Å². The fourth-order valence-electron chi connectivity index (χ4n) is 2.19. The molecule has 0 bridgehead atoms. The SMILES string of the molecule is CC1CN(C(=O)OC(C)(C)C)Cc2ccc(Cl)nc21. The van der Waals surface area contributed by atoms with Gasteiger partial charge in [-0.05, 0) is 32.4 Å². The monoisotopic (exact) mass is 282 g/mol.